The van der Waals surface area contributed by atoms with Crippen molar-refractivity contribution in [1.29, 1.82) is 0 Å². The Hall–Kier alpha value is -4.14. The molecule has 7 rings (SSSR count). The van der Waals surface area contributed by atoms with Crippen LogP contribution < -0.4 is 4.74 Å². The highest BCUT2D eigenvalue weighted by atomic mass is 35.5. The van der Waals surface area contributed by atoms with E-state index in [0.717, 1.165) is 49.2 Å². The number of rotatable bonds is 9. The number of pyridine rings is 1. The summed E-state index contributed by atoms with van der Waals surface area (Å²) >= 11 is 5.84. The van der Waals surface area contributed by atoms with Crippen molar-refractivity contribution in [3.8, 4) is 17.4 Å². The average molecular weight is 609 g/mol. The SMILES string of the molecule is Fc1cc(Cl)ccc1Cc1ncc(F)c(OC2CCN(Cc3nc4cc(-c5nn[nH]n5)ncc4n3C[C@@H]3CCO3)CC2)n1. The van der Waals surface area contributed by atoms with Crippen LogP contribution in [0.5, 0.6) is 5.88 Å². The lowest BCUT2D eigenvalue weighted by Gasteiger charge is -2.32. The summed E-state index contributed by atoms with van der Waals surface area (Å²) in [5, 5.41) is 14.4. The Kier molecular flexibility index (Phi) is 7.63. The number of imidazole rings is 1. The molecule has 0 spiro atoms. The number of aromatic amines is 1. The quantitative estimate of drug-likeness (QED) is 0.264. The molecule has 6 heterocycles. The summed E-state index contributed by atoms with van der Waals surface area (Å²) in [5.74, 6) is 0.354. The standard InChI is InChI=1S/C28H27ClF2N10O2/c29-17-2-1-16(20(30)10-17)9-25-33-12-21(31)28(35-25)43-18-3-6-40(7-4-18)15-26-34-22-11-23(27-36-38-39-37-27)32-13-24(22)41(26)14-19-5-8-42-19/h1-2,10-13,18-19H,3-9,14-15H2,(H,36,37,38,39)/t19-/m0/s1. The van der Waals surface area contributed by atoms with Crippen LogP contribution in [0.25, 0.3) is 22.6 Å². The van der Waals surface area contributed by atoms with E-state index in [0.29, 0.717) is 48.0 Å². The smallest absolute Gasteiger partial charge is 0.254 e. The maximum absolute atomic E-state index is 14.6. The van der Waals surface area contributed by atoms with Gasteiger partial charge in [-0.05, 0) is 48.2 Å². The number of fused-ring (bicyclic) bond motifs is 1. The predicted octanol–water partition coefficient (Wildman–Crippen LogP) is 3.76. The van der Waals surface area contributed by atoms with E-state index >= 15 is 0 Å². The van der Waals surface area contributed by atoms with Crippen molar-refractivity contribution in [2.75, 3.05) is 19.7 Å². The van der Waals surface area contributed by atoms with E-state index in [9.17, 15) is 8.78 Å². The summed E-state index contributed by atoms with van der Waals surface area (Å²) in [4.78, 5) is 20.1. The molecule has 0 aliphatic carbocycles. The molecule has 0 amide bonds. The summed E-state index contributed by atoms with van der Waals surface area (Å²) in [6, 6.07) is 6.26. The Labute approximate surface area is 249 Å². The lowest BCUT2D eigenvalue weighted by molar-refractivity contribution is -0.0592. The third kappa shape index (κ3) is 6.03. The lowest BCUT2D eigenvalue weighted by Crippen LogP contribution is -2.39. The van der Waals surface area contributed by atoms with Gasteiger partial charge in [0.05, 0.1) is 42.6 Å². The third-order valence-corrected chi connectivity index (χ3v) is 8.01. The monoisotopic (exact) mass is 608 g/mol. The maximum Gasteiger partial charge on any atom is 0.254 e. The number of hydrogen-bond donors (Lipinski definition) is 1. The fraction of sp³-hybridized carbons (Fsp3) is 0.393. The number of nitrogens with one attached hydrogen (secondary N) is 1. The largest absolute Gasteiger partial charge is 0.472 e. The van der Waals surface area contributed by atoms with Gasteiger partial charge in [0, 0.05) is 31.1 Å². The van der Waals surface area contributed by atoms with Gasteiger partial charge in [0.2, 0.25) is 11.6 Å². The van der Waals surface area contributed by atoms with Gasteiger partial charge in [-0.3, -0.25) is 9.88 Å². The van der Waals surface area contributed by atoms with Crippen LogP contribution in [-0.4, -0.2) is 81.9 Å². The van der Waals surface area contributed by atoms with Crippen LogP contribution in [0.2, 0.25) is 5.02 Å². The molecule has 1 N–H and O–H groups in total. The van der Waals surface area contributed by atoms with Crippen molar-refractivity contribution < 1.29 is 18.3 Å². The normalized spacial score (nSPS) is 17.8. The molecule has 2 saturated heterocycles. The van der Waals surface area contributed by atoms with E-state index in [1.165, 1.54) is 6.07 Å². The second-order valence-corrected chi connectivity index (χ2v) is 11.1. The molecule has 0 radical (unpaired) electrons. The van der Waals surface area contributed by atoms with Crippen LogP contribution in [0.15, 0.2) is 36.7 Å². The van der Waals surface area contributed by atoms with Crippen LogP contribution in [0.4, 0.5) is 8.78 Å². The molecule has 0 unspecified atom stereocenters. The number of benzene rings is 1. The minimum Gasteiger partial charge on any atom is -0.472 e. The summed E-state index contributed by atoms with van der Waals surface area (Å²) in [6.45, 7) is 3.56. The van der Waals surface area contributed by atoms with E-state index in [1.807, 2.05) is 6.07 Å². The van der Waals surface area contributed by atoms with Gasteiger partial charge in [0.25, 0.3) is 5.88 Å². The van der Waals surface area contributed by atoms with Gasteiger partial charge in [-0.1, -0.05) is 17.7 Å². The Balaban J connectivity index is 1.02. The topological polar surface area (TPSA) is 133 Å². The minimum absolute atomic E-state index is 0.0943. The first-order chi connectivity index (χ1) is 21.0. The summed E-state index contributed by atoms with van der Waals surface area (Å²) in [7, 11) is 0. The lowest BCUT2D eigenvalue weighted by atomic mass is 10.1. The highest BCUT2D eigenvalue weighted by Crippen LogP contribution is 2.26. The van der Waals surface area contributed by atoms with Gasteiger partial charge in [-0.2, -0.15) is 14.6 Å². The van der Waals surface area contributed by atoms with Gasteiger partial charge >= 0.3 is 0 Å². The Morgan fingerprint density at radius 3 is 2.65 bits per heavy atom. The van der Waals surface area contributed by atoms with Crippen molar-refractivity contribution in [2.24, 2.45) is 0 Å². The molecule has 1 aromatic carbocycles. The number of likely N-dealkylation sites (tertiary alicyclic amines) is 1. The van der Waals surface area contributed by atoms with Gasteiger partial charge in [0.15, 0.2) is 0 Å². The second kappa shape index (κ2) is 11.9. The first-order valence-electron chi connectivity index (χ1n) is 14.0. The van der Waals surface area contributed by atoms with E-state index in [-0.39, 0.29) is 30.3 Å². The zero-order valence-electron chi connectivity index (χ0n) is 23.0. The van der Waals surface area contributed by atoms with Crippen LogP contribution >= 0.6 is 11.6 Å². The van der Waals surface area contributed by atoms with Crippen molar-refractivity contribution in [3.63, 3.8) is 0 Å². The number of aromatic nitrogens is 9. The molecule has 2 fully saturated rings. The number of H-pyrrole nitrogens is 1. The Morgan fingerprint density at radius 1 is 1.05 bits per heavy atom. The molecule has 2 aliphatic heterocycles. The van der Waals surface area contributed by atoms with Crippen molar-refractivity contribution in [1.82, 2.24) is 50.0 Å². The first-order valence-corrected chi connectivity index (χ1v) is 14.4. The molecular weight excluding hydrogens is 582 g/mol. The Morgan fingerprint density at radius 2 is 1.91 bits per heavy atom. The number of hydrogen-bond acceptors (Lipinski definition) is 10. The highest BCUT2D eigenvalue weighted by molar-refractivity contribution is 6.30. The molecule has 2 aliphatic rings. The zero-order chi connectivity index (χ0) is 29.3. The molecule has 4 aromatic heterocycles. The van der Waals surface area contributed by atoms with Gasteiger partial charge in [-0.25, -0.2) is 14.4 Å². The number of ether oxygens (including phenoxy) is 2. The molecule has 5 aromatic rings. The van der Waals surface area contributed by atoms with E-state index < -0.39 is 11.6 Å². The van der Waals surface area contributed by atoms with Crippen LogP contribution in [0.3, 0.4) is 0 Å². The van der Waals surface area contributed by atoms with Gasteiger partial charge in [-0.15, -0.1) is 10.2 Å². The summed E-state index contributed by atoms with van der Waals surface area (Å²) < 4.78 is 42.7. The fourth-order valence-electron chi connectivity index (χ4n) is 5.35. The molecule has 0 saturated carbocycles. The fourth-order valence-corrected chi connectivity index (χ4v) is 5.51. The van der Waals surface area contributed by atoms with Gasteiger partial charge < -0.3 is 14.0 Å². The number of tetrazole rings is 1. The third-order valence-electron chi connectivity index (χ3n) is 7.77. The van der Waals surface area contributed by atoms with E-state index in [4.69, 9.17) is 26.1 Å². The molecule has 12 nitrogen and oxygen atoms in total. The van der Waals surface area contributed by atoms with Crippen molar-refractivity contribution in [2.45, 2.75) is 51.0 Å². The van der Waals surface area contributed by atoms with E-state index in [1.54, 1.807) is 18.3 Å². The van der Waals surface area contributed by atoms with Crippen LogP contribution in [0.1, 0.15) is 36.5 Å². The van der Waals surface area contributed by atoms with E-state index in [2.05, 4.69) is 45.0 Å². The van der Waals surface area contributed by atoms with Crippen molar-refractivity contribution >= 4 is 22.6 Å². The summed E-state index contributed by atoms with van der Waals surface area (Å²) in [5.41, 5.74) is 2.68. The van der Waals surface area contributed by atoms with Crippen LogP contribution in [-0.2, 0) is 24.2 Å². The van der Waals surface area contributed by atoms with Gasteiger partial charge in [0.1, 0.15) is 29.3 Å². The molecule has 0 bridgehead atoms. The first kappa shape index (κ1) is 27.7. The second-order valence-electron chi connectivity index (χ2n) is 10.7. The molecule has 43 heavy (non-hydrogen) atoms. The Bertz CT molecular complexity index is 1740. The predicted molar refractivity (Wildman–Crippen MR) is 150 cm³/mol. The van der Waals surface area contributed by atoms with Crippen molar-refractivity contribution in [3.05, 3.63) is 70.5 Å². The number of piperidine rings is 1. The highest BCUT2D eigenvalue weighted by Gasteiger charge is 2.27. The zero-order valence-corrected chi connectivity index (χ0v) is 23.7. The average Bonchev–Trinajstić information content (AvgIpc) is 3.63. The molecule has 222 valence electrons. The minimum atomic E-state index is -0.650. The number of halogens is 3. The molecule has 1 atom stereocenters. The van der Waals surface area contributed by atoms with Crippen LogP contribution in [0, 0.1) is 11.6 Å². The maximum atomic E-state index is 14.6. The molecule has 15 heteroatoms. The number of nitrogens with zero attached hydrogens (tertiary/aromatic N) is 9. The summed E-state index contributed by atoms with van der Waals surface area (Å²) in [6.07, 6.45) is 5.25. The molecular formula is C28H27ClF2N10O2.